The van der Waals surface area contributed by atoms with Gasteiger partial charge in [-0.15, -0.1) is 0 Å². The van der Waals surface area contributed by atoms with Crippen molar-refractivity contribution in [3.05, 3.63) is 216 Å². The summed E-state index contributed by atoms with van der Waals surface area (Å²) in [7, 11) is -2.61. The Kier molecular flexibility index (Phi) is 18.8. The molecule has 0 amide bonds. The molecule has 0 spiro atoms. The van der Waals surface area contributed by atoms with E-state index < -0.39 is 69.5 Å². The van der Waals surface area contributed by atoms with Crippen molar-refractivity contribution < 1.29 is 52.0 Å². The minimum Gasteiger partial charge on any atom is -0.459 e. The van der Waals surface area contributed by atoms with Crippen LogP contribution >= 0.6 is 0 Å². The van der Waals surface area contributed by atoms with Crippen LogP contribution in [0, 0.1) is 0 Å². The van der Waals surface area contributed by atoms with Gasteiger partial charge in [0, 0.05) is 6.61 Å². The molecule has 1 fully saturated rings. The fraction of sp³-hybridized carbons (Fsp3) is 0.288. The molecule has 1 saturated heterocycles. The number of rotatable bonds is 22. The second kappa shape index (κ2) is 25.8. The first-order chi connectivity index (χ1) is 34.5. The standard InChI is InChI=1S/C59H62O11Si/c1-59(2,3)71(48-37-23-13-24-38-48,49-39-25-14-26-40-49)66-42-28-8-6-4-5-7-27-41-64-58-53(70-57(63)47-35-21-12-22-36-47)52(69-56(62)46-33-19-11-20-34-46)51(68-55(61)45-31-17-10-18-32-45)50(67-58)43-65-54(60)44-29-15-9-16-30-44/h4-5,9-26,29-40,50-53,58H,6-8,27-28,41-43H2,1-3H3/b5-4+/t50-,51-,52+,53+,58+/m1/s1. The van der Waals surface area contributed by atoms with E-state index in [4.69, 9.17) is 32.8 Å². The fourth-order valence-electron chi connectivity index (χ4n) is 8.65. The number of ether oxygens (including phenoxy) is 6. The van der Waals surface area contributed by atoms with Gasteiger partial charge in [0.15, 0.2) is 24.6 Å². The molecule has 0 aliphatic carbocycles. The normalized spacial score (nSPS) is 18.0. The topological polar surface area (TPSA) is 133 Å². The fourth-order valence-corrected chi connectivity index (χ4v) is 13.3. The smallest absolute Gasteiger partial charge is 0.338 e. The highest BCUT2D eigenvalue weighted by atomic mass is 28.4. The van der Waals surface area contributed by atoms with E-state index in [9.17, 15) is 19.2 Å². The Labute approximate surface area is 417 Å². The average molecular weight is 975 g/mol. The molecule has 0 aromatic heterocycles. The summed E-state index contributed by atoms with van der Waals surface area (Å²) < 4.78 is 44.2. The predicted molar refractivity (Wildman–Crippen MR) is 274 cm³/mol. The third kappa shape index (κ3) is 13.9. The average Bonchev–Trinajstić information content (AvgIpc) is 3.40. The van der Waals surface area contributed by atoms with Gasteiger partial charge in [0.2, 0.25) is 0 Å². The second-order valence-corrected chi connectivity index (χ2v) is 22.5. The first kappa shape index (κ1) is 51.9. The van der Waals surface area contributed by atoms with Crippen molar-refractivity contribution in [3.63, 3.8) is 0 Å². The SMILES string of the molecule is CC(C)(C)[Si](OCCCC/C=C/CCCO[C@H]1O[C@H](COC(=O)c2ccccc2)[C@@H](OC(=O)c2ccccc2)[C@H](OC(=O)c2ccccc2)[C@@H]1OC(=O)c1ccccc1)(c1ccccc1)c1ccccc1. The van der Waals surface area contributed by atoms with E-state index in [0.29, 0.717) is 19.4 Å². The maximum Gasteiger partial charge on any atom is 0.338 e. The molecule has 6 aromatic carbocycles. The zero-order valence-electron chi connectivity index (χ0n) is 40.5. The van der Waals surface area contributed by atoms with Crippen LogP contribution in [-0.2, 0) is 32.8 Å². The van der Waals surface area contributed by atoms with Crippen LogP contribution in [0.4, 0.5) is 0 Å². The van der Waals surface area contributed by atoms with Crippen LogP contribution in [-0.4, -0.2) is 82.7 Å². The van der Waals surface area contributed by atoms with Gasteiger partial charge in [-0.1, -0.05) is 166 Å². The maximum absolute atomic E-state index is 13.9. The molecule has 11 nitrogen and oxygen atoms in total. The summed E-state index contributed by atoms with van der Waals surface area (Å²) in [4.78, 5) is 54.9. The quantitative estimate of drug-likeness (QED) is 0.0212. The molecule has 368 valence electrons. The first-order valence-electron chi connectivity index (χ1n) is 24.2. The van der Waals surface area contributed by atoms with Crippen molar-refractivity contribution in [1.29, 1.82) is 0 Å². The summed E-state index contributed by atoms with van der Waals surface area (Å²) in [6.45, 7) is 7.20. The van der Waals surface area contributed by atoms with Gasteiger partial charge >= 0.3 is 23.9 Å². The highest BCUT2D eigenvalue weighted by Gasteiger charge is 2.54. The molecule has 0 saturated carbocycles. The molecule has 71 heavy (non-hydrogen) atoms. The first-order valence-corrected chi connectivity index (χ1v) is 26.1. The highest BCUT2D eigenvalue weighted by molar-refractivity contribution is 6.99. The molecule has 7 rings (SSSR count). The number of allylic oxidation sites excluding steroid dienone is 2. The molecule has 0 N–H and O–H groups in total. The predicted octanol–water partition coefficient (Wildman–Crippen LogP) is 10.3. The van der Waals surface area contributed by atoms with Crippen molar-refractivity contribution in [2.75, 3.05) is 19.8 Å². The van der Waals surface area contributed by atoms with E-state index in [1.807, 2.05) is 12.1 Å². The summed E-state index contributed by atoms with van der Waals surface area (Å²) >= 11 is 0. The molecule has 0 unspecified atom stereocenters. The summed E-state index contributed by atoms with van der Waals surface area (Å²) in [5, 5.41) is 2.43. The van der Waals surface area contributed by atoms with Crippen LogP contribution in [0.1, 0.15) is 94.3 Å². The van der Waals surface area contributed by atoms with Gasteiger partial charge in [0.25, 0.3) is 8.32 Å². The largest absolute Gasteiger partial charge is 0.459 e. The summed E-state index contributed by atoms with van der Waals surface area (Å²) in [5.74, 6) is -2.97. The van der Waals surface area contributed by atoms with Crippen molar-refractivity contribution in [3.8, 4) is 0 Å². The Morgan fingerprint density at radius 1 is 0.479 bits per heavy atom. The lowest BCUT2D eigenvalue weighted by atomic mass is 9.97. The van der Waals surface area contributed by atoms with Crippen LogP contribution in [0.15, 0.2) is 194 Å². The van der Waals surface area contributed by atoms with Crippen molar-refractivity contribution >= 4 is 42.6 Å². The minimum absolute atomic E-state index is 0.0928. The summed E-state index contributed by atoms with van der Waals surface area (Å²) in [6, 6.07) is 54.5. The van der Waals surface area contributed by atoms with Crippen molar-refractivity contribution in [2.45, 2.75) is 88.6 Å². The van der Waals surface area contributed by atoms with E-state index in [0.717, 1.165) is 19.3 Å². The molecule has 12 heteroatoms. The third-order valence-electron chi connectivity index (χ3n) is 12.2. The molecule has 0 bridgehead atoms. The molecule has 0 radical (unpaired) electrons. The summed E-state index contributed by atoms with van der Waals surface area (Å²) in [6.07, 6.45) is 1.20. The number of esters is 4. The van der Waals surface area contributed by atoms with E-state index in [1.165, 1.54) is 10.4 Å². The van der Waals surface area contributed by atoms with E-state index in [2.05, 4.69) is 81.5 Å². The lowest BCUT2D eigenvalue weighted by Crippen LogP contribution is -2.66. The number of unbranched alkanes of at least 4 members (excludes halogenated alkanes) is 3. The lowest BCUT2D eigenvalue weighted by Gasteiger charge is -2.44. The second-order valence-electron chi connectivity index (χ2n) is 18.2. The Hall–Kier alpha value is -6.96. The zero-order valence-corrected chi connectivity index (χ0v) is 41.5. The van der Waals surface area contributed by atoms with Gasteiger partial charge in [-0.3, -0.25) is 0 Å². The van der Waals surface area contributed by atoms with Crippen molar-refractivity contribution in [1.82, 2.24) is 0 Å². The van der Waals surface area contributed by atoms with Crippen LogP contribution < -0.4 is 10.4 Å². The maximum atomic E-state index is 13.9. The molecular formula is C59H62O11Si. The Bertz CT molecular complexity index is 2570. The van der Waals surface area contributed by atoms with E-state index in [1.54, 1.807) is 121 Å². The highest BCUT2D eigenvalue weighted by Crippen LogP contribution is 2.37. The van der Waals surface area contributed by atoms with Gasteiger partial charge in [-0.25, -0.2) is 19.2 Å². The third-order valence-corrected chi connectivity index (χ3v) is 17.2. The Balaban J connectivity index is 1.05. The Morgan fingerprint density at radius 3 is 1.32 bits per heavy atom. The van der Waals surface area contributed by atoms with E-state index in [-0.39, 0.29) is 33.9 Å². The van der Waals surface area contributed by atoms with Gasteiger partial charge in [0.1, 0.15) is 12.7 Å². The van der Waals surface area contributed by atoms with E-state index >= 15 is 0 Å². The van der Waals surface area contributed by atoms with Gasteiger partial charge < -0.3 is 32.8 Å². The number of hydrogen-bond acceptors (Lipinski definition) is 11. The number of carbonyl (C=O) groups is 4. The van der Waals surface area contributed by atoms with Gasteiger partial charge in [-0.05, 0) is 96.0 Å². The number of carbonyl (C=O) groups excluding carboxylic acids is 4. The Morgan fingerprint density at radius 2 is 0.873 bits per heavy atom. The van der Waals surface area contributed by atoms with Crippen LogP contribution in [0.2, 0.25) is 5.04 Å². The van der Waals surface area contributed by atoms with Crippen LogP contribution in [0.3, 0.4) is 0 Å². The molecule has 1 aliphatic heterocycles. The zero-order chi connectivity index (χ0) is 49.9. The lowest BCUT2D eigenvalue weighted by molar-refractivity contribution is -0.298. The van der Waals surface area contributed by atoms with Gasteiger partial charge in [-0.2, -0.15) is 0 Å². The molecule has 1 heterocycles. The monoisotopic (exact) mass is 974 g/mol. The molecule has 1 aliphatic rings. The minimum atomic E-state index is -2.61. The van der Waals surface area contributed by atoms with Crippen molar-refractivity contribution in [2.24, 2.45) is 0 Å². The van der Waals surface area contributed by atoms with Gasteiger partial charge in [0.05, 0.1) is 28.9 Å². The summed E-state index contributed by atoms with van der Waals surface area (Å²) in [5.41, 5.74) is 0.903. The molecule has 6 aromatic rings. The molecular weight excluding hydrogens is 913 g/mol. The number of benzene rings is 6. The molecule has 5 atom stereocenters. The van der Waals surface area contributed by atoms with Crippen LogP contribution in [0.25, 0.3) is 0 Å². The number of hydrogen-bond donors (Lipinski definition) is 0. The van der Waals surface area contributed by atoms with Crippen LogP contribution in [0.5, 0.6) is 0 Å².